The normalized spacial score (nSPS) is 11.9. The zero-order valence-corrected chi connectivity index (χ0v) is 16.4. The highest BCUT2D eigenvalue weighted by molar-refractivity contribution is 5.84. The molecular formula is C21H26N2O4. The fourth-order valence-electron chi connectivity index (χ4n) is 2.56. The average molecular weight is 370 g/mol. The van der Waals surface area contributed by atoms with E-state index in [1.54, 1.807) is 32.4 Å². The molecule has 0 aliphatic heterocycles. The van der Waals surface area contributed by atoms with Gasteiger partial charge < -0.3 is 14.2 Å². The van der Waals surface area contributed by atoms with Gasteiger partial charge in [-0.2, -0.15) is 5.10 Å². The Bertz CT molecular complexity index is 798. The minimum atomic E-state index is -0.668. The number of nitrogens with one attached hydrogen (secondary N) is 1. The van der Waals surface area contributed by atoms with E-state index in [4.69, 9.17) is 14.2 Å². The Morgan fingerprint density at radius 1 is 1.15 bits per heavy atom. The maximum absolute atomic E-state index is 12.2. The van der Waals surface area contributed by atoms with Crippen LogP contribution in [0.2, 0.25) is 0 Å². The van der Waals surface area contributed by atoms with Gasteiger partial charge in [0.2, 0.25) is 0 Å². The van der Waals surface area contributed by atoms with E-state index >= 15 is 0 Å². The number of aryl methyl sites for hydroxylation is 2. The number of nitrogens with zero attached hydrogens (tertiary/aromatic N) is 1. The van der Waals surface area contributed by atoms with Crippen LogP contribution in [0.5, 0.6) is 17.2 Å². The van der Waals surface area contributed by atoms with Crippen molar-refractivity contribution in [3.05, 3.63) is 53.1 Å². The fourth-order valence-corrected chi connectivity index (χ4v) is 2.56. The van der Waals surface area contributed by atoms with Gasteiger partial charge in [-0.05, 0) is 74.7 Å². The maximum Gasteiger partial charge on any atom is 0.280 e. The Hall–Kier alpha value is -3.02. The van der Waals surface area contributed by atoms with Crippen LogP contribution in [0.4, 0.5) is 0 Å². The number of ether oxygens (including phenoxy) is 3. The monoisotopic (exact) mass is 370 g/mol. The van der Waals surface area contributed by atoms with Gasteiger partial charge in [-0.25, -0.2) is 5.43 Å². The lowest BCUT2D eigenvalue weighted by Crippen LogP contribution is -2.33. The number of hydrogen-bond donors (Lipinski definition) is 1. The third-order valence-corrected chi connectivity index (χ3v) is 3.75. The number of rotatable bonds is 8. The zero-order chi connectivity index (χ0) is 19.8. The standard InChI is InChI=1S/C21H26N2O4/c1-6-26-19-8-7-17(12-20(19)25-5)13-22-23-21(24)16(4)27-18-10-14(2)9-15(3)11-18/h7-13,16H,6H2,1-5H3,(H,23,24)/b22-13-/t16-/m1/s1. The Morgan fingerprint density at radius 2 is 1.85 bits per heavy atom. The van der Waals surface area contributed by atoms with Crippen LogP contribution >= 0.6 is 0 Å². The van der Waals surface area contributed by atoms with Crippen LogP contribution in [0.3, 0.4) is 0 Å². The van der Waals surface area contributed by atoms with Crippen molar-refractivity contribution in [3.63, 3.8) is 0 Å². The summed E-state index contributed by atoms with van der Waals surface area (Å²) in [6.07, 6.45) is 0.873. The lowest BCUT2D eigenvalue weighted by molar-refractivity contribution is -0.127. The van der Waals surface area contributed by atoms with Crippen molar-refractivity contribution in [2.75, 3.05) is 13.7 Å². The molecule has 2 aromatic carbocycles. The first-order chi connectivity index (χ1) is 12.9. The number of methoxy groups -OCH3 is 1. The first-order valence-electron chi connectivity index (χ1n) is 8.81. The predicted molar refractivity (Wildman–Crippen MR) is 106 cm³/mol. The van der Waals surface area contributed by atoms with Crippen molar-refractivity contribution in [2.24, 2.45) is 5.10 Å². The summed E-state index contributed by atoms with van der Waals surface area (Å²) >= 11 is 0. The van der Waals surface area contributed by atoms with E-state index in [0.717, 1.165) is 16.7 Å². The zero-order valence-electron chi connectivity index (χ0n) is 16.4. The summed E-state index contributed by atoms with van der Waals surface area (Å²) in [4.78, 5) is 12.2. The van der Waals surface area contributed by atoms with Crippen molar-refractivity contribution in [1.82, 2.24) is 5.43 Å². The predicted octanol–water partition coefficient (Wildman–Crippen LogP) is 3.63. The number of hydrogen-bond acceptors (Lipinski definition) is 5. The van der Waals surface area contributed by atoms with E-state index in [1.165, 1.54) is 0 Å². The van der Waals surface area contributed by atoms with Gasteiger partial charge in [0.05, 0.1) is 19.9 Å². The molecule has 0 radical (unpaired) electrons. The second-order valence-corrected chi connectivity index (χ2v) is 6.16. The molecule has 2 rings (SSSR count). The SMILES string of the molecule is CCOc1ccc(/C=N\NC(=O)[C@@H](C)Oc2cc(C)cc(C)c2)cc1OC. The third-order valence-electron chi connectivity index (χ3n) is 3.75. The minimum Gasteiger partial charge on any atom is -0.493 e. The molecule has 6 heteroatoms. The number of amides is 1. The van der Waals surface area contributed by atoms with Gasteiger partial charge in [0.1, 0.15) is 5.75 Å². The lowest BCUT2D eigenvalue weighted by atomic mass is 10.1. The maximum atomic E-state index is 12.2. The molecule has 0 aliphatic rings. The van der Waals surface area contributed by atoms with E-state index < -0.39 is 6.10 Å². The lowest BCUT2D eigenvalue weighted by Gasteiger charge is -2.14. The highest BCUT2D eigenvalue weighted by atomic mass is 16.5. The Labute approximate surface area is 160 Å². The van der Waals surface area contributed by atoms with Crippen LogP contribution in [0, 0.1) is 13.8 Å². The summed E-state index contributed by atoms with van der Waals surface area (Å²) < 4.78 is 16.5. The largest absolute Gasteiger partial charge is 0.493 e. The van der Waals surface area contributed by atoms with E-state index in [2.05, 4.69) is 10.5 Å². The molecule has 0 saturated carbocycles. The number of benzene rings is 2. The Balaban J connectivity index is 1.95. The summed E-state index contributed by atoms with van der Waals surface area (Å²) in [5.41, 5.74) is 5.43. The van der Waals surface area contributed by atoms with Crippen molar-refractivity contribution >= 4 is 12.1 Å². The van der Waals surface area contributed by atoms with Crippen molar-refractivity contribution in [3.8, 4) is 17.2 Å². The molecular weight excluding hydrogens is 344 g/mol. The van der Waals surface area contributed by atoms with Crippen LogP contribution in [0.15, 0.2) is 41.5 Å². The molecule has 0 aromatic heterocycles. The topological polar surface area (TPSA) is 69.2 Å². The summed E-state index contributed by atoms with van der Waals surface area (Å²) in [5, 5.41) is 3.99. The quantitative estimate of drug-likeness (QED) is 0.569. The van der Waals surface area contributed by atoms with Gasteiger partial charge in [-0.1, -0.05) is 6.07 Å². The summed E-state index contributed by atoms with van der Waals surface area (Å²) in [5.74, 6) is 1.61. The van der Waals surface area contributed by atoms with Crippen LogP contribution in [-0.2, 0) is 4.79 Å². The molecule has 1 N–H and O–H groups in total. The first-order valence-corrected chi connectivity index (χ1v) is 8.81. The van der Waals surface area contributed by atoms with Crippen molar-refractivity contribution in [1.29, 1.82) is 0 Å². The second kappa shape index (κ2) is 9.62. The van der Waals surface area contributed by atoms with Gasteiger partial charge >= 0.3 is 0 Å². The van der Waals surface area contributed by atoms with E-state index in [1.807, 2.05) is 45.0 Å². The molecule has 0 bridgehead atoms. The molecule has 1 amide bonds. The van der Waals surface area contributed by atoms with Crippen molar-refractivity contribution in [2.45, 2.75) is 33.8 Å². The molecule has 1 atom stereocenters. The molecule has 144 valence electrons. The molecule has 6 nitrogen and oxygen atoms in total. The molecule has 27 heavy (non-hydrogen) atoms. The van der Waals surface area contributed by atoms with Crippen molar-refractivity contribution < 1.29 is 19.0 Å². The Kier molecular flexibility index (Phi) is 7.23. The molecule has 0 fully saturated rings. The van der Waals surface area contributed by atoms with Gasteiger partial charge in [0, 0.05) is 0 Å². The number of carbonyl (C=O) groups excluding carboxylic acids is 1. The van der Waals surface area contributed by atoms with Crippen LogP contribution in [-0.4, -0.2) is 31.9 Å². The van der Waals surface area contributed by atoms with E-state index in [0.29, 0.717) is 23.9 Å². The molecule has 0 saturated heterocycles. The van der Waals surface area contributed by atoms with E-state index in [-0.39, 0.29) is 5.91 Å². The van der Waals surface area contributed by atoms with Crippen LogP contribution < -0.4 is 19.6 Å². The number of carbonyl (C=O) groups is 1. The molecule has 2 aromatic rings. The Morgan fingerprint density at radius 3 is 2.48 bits per heavy atom. The average Bonchev–Trinajstić information content (AvgIpc) is 2.62. The molecule has 0 unspecified atom stereocenters. The minimum absolute atomic E-state index is 0.330. The smallest absolute Gasteiger partial charge is 0.280 e. The van der Waals surface area contributed by atoms with Gasteiger partial charge in [-0.3, -0.25) is 4.79 Å². The van der Waals surface area contributed by atoms with Gasteiger partial charge in [0.25, 0.3) is 5.91 Å². The highest BCUT2D eigenvalue weighted by Crippen LogP contribution is 2.27. The summed E-state index contributed by atoms with van der Waals surface area (Å²) in [6.45, 7) is 8.12. The molecule has 0 spiro atoms. The summed E-state index contributed by atoms with van der Waals surface area (Å²) in [7, 11) is 1.58. The van der Waals surface area contributed by atoms with Gasteiger partial charge in [-0.15, -0.1) is 0 Å². The van der Waals surface area contributed by atoms with E-state index in [9.17, 15) is 4.79 Å². The number of hydrazone groups is 1. The third kappa shape index (κ3) is 6.02. The first kappa shape index (κ1) is 20.3. The highest BCUT2D eigenvalue weighted by Gasteiger charge is 2.14. The fraction of sp³-hybridized carbons (Fsp3) is 0.333. The van der Waals surface area contributed by atoms with Gasteiger partial charge in [0.15, 0.2) is 17.6 Å². The molecule has 0 aliphatic carbocycles. The molecule has 0 heterocycles. The second-order valence-electron chi connectivity index (χ2n) is 6.16. The summed E-state index contributed by atoms with van der Waals surface area (Å²) in [6, 6.07) is 11.3. The van der Waals surface area contributed by atoms with Crippen LogP contribution in [0.25, 0.3) is 0 Å². The van der Waals surface area contributed by atoms with Crippen LogP contribution in [0.1, 0.15) is 30.5 Å².